The third-order valence-corrected chi connectivity index (χ3v) is 6.22. The van der Waals surface area contributed by atoms with Gasteiger partial charge in [-0.2, -0.15) is 5.10 Å². The highest BCUT2D eigenvalue weighted by Gasteiger charge is 2.20. The standard InChI is InChI=1S/C23H24ClN5O2S/c24-19-3-1-2-17(10-19)14-29-15-20(12-25-29)26-23(32)28-8-6-27(7-9-28)13-18-4-5-21-22(11-18)31-16-30-21/h1-5,10-12,15H,6-9,13-14,16H2,(H,26,32). The third kappa shape index (κ3) is 4.98. The number of rotatable bonds is 5. The molecule has 0 bridgehead atoms. The topological polar surface area (TPSA) is 54.8 Å². The van der Waals surface area contributed by atoms with Gasteiger partial charge in [0.2, 0.25) is 6.79 Å². The second-order valence-electron chi connectivity index (χ2n) is 7.94. The first-order valence-corrected chi connectivity index (χ1v) is 11.3. The number of hydrogen-bond acceptors (Lipinski definition) is 5. The molecular formula is C23H24ClN5O2S. The summed E-state index contributed by atoms with van der Waals surface area (Å²) in [4.78, 5) is 4.64. The van der Waals surface area contributed by atoms with Gasteiger partial charge < -0.3 is 19.7 Å². The van der Waals surface area contributed by atoms with Crippen LogP contribution in [0.25, 0.3) is 0 Å². The van der Waals surface area contributed by atoms with Gasteiger partial charge in [-0.05, 0) is 47.6 Å². The Kier molecular flexibility index (Phi) is 6.16. The molecule has 3 aromatic rings. The summed E-state index contributed by atoms with van der Waals surface area (Å²) in [5.41, 5.74) is 3.23. The SMILES string of the molecule is S=C(Nc1cnn(Cc2cccc(Cl)c2)c1)N1CCN(Cc2ccc3c(c2)OCO3)CC1. The van der Waals surface area contributed by atoms with Gasteiger partial charge in [-0.1, -0.05) is 29.8 Å². The van der Waals surface area contributed by atoms with Crippen molar-refractivity contribution >= 4 is 34.6 Å². The number of hydrogen-bond donors (Lipinski definition) is 1. The Hall–Kier alpha value is -2.81. The minimum absolute atomic E-state index is 0.307. The fraction of sp³-hybridized carbons (Fsp3) is 0.304. The molecule has 0 aliphatic carbocycles. The van der Waals surface area contributed by atoms with Gasteiger partial charge in [0.15, 0.2) is 16.6 Å². The molecule has 9 heteroatoms. The summed E-state index contributed by atoms with van der Waals surface area (Å²) in [6.07, 6.45) is 3.76. The van der Waals surface area contributed by atoms with Crippen LogP contribution in [0.3, 0.4) is 0 Å². The highest BCUT2D eigenvalue weighted by Crippen LogP contribution is 2.32. The maximum absolute atomic E-state index is 6.07. The van der Waals surface area contributed by atoms with Crippen molar-refractivity contribution in [2.75, 3.05) is 38.3 Å². The summed E-state index contributed by atoms with van der Waals surface area (Å²) >= 11 is 11.7. The van der Waals surface area contributed by atoms with Gasteiger partial charge >= 0.3 is 0 Å². The predicted molar refractivity (Wildman–Crippen MR) is 128 cm³/mol. The van der Waals surface area contributed by atoms with Crippen molar-refractivity contribution in [1.29, 1.82) is 0 Å². The van der Waals surface area contributed by atoms with E-state index >= 15 is 0 Å². The molecule has 0 unspecified atom stereocenters. The van der Waals surface area contributed by atoms with Crippen molar-refractivity contribution in [3.63, 3.8) is 0 Å². The Morgan fingerprint density at radius 2 is 1.81 bits per heavy atom. The van der Waals surface area contributed by atoms with E-state index in [0.29, 0.717) is 13.3 Å². The molecule has 3 heterocycles. The van der Waals surface area contributed by atoms with Gasteiger partial charge in [0.05, 0.1) is 18.4 Å². The van der Waals surface area contributed by atoms with E-state index in [1.165, 1.54) is 5.56 Å². The van der Waals surface area contributed by atoms with E-state index in [1.807, 2.05) is 41.2 Å². The second-order valence-corrected chi connectivity index (χ2v) is 8.76. The average molecular weight is 470 g/mol. The summed E-state index contributed by atoms with van der Waals surface area (Å²) in [5, 5.41) is 9.21. The molecule has 0 spiro atoms. The molecule has 1 aromatic heterocycles. The molecule has 1 fully saturated rings. The molecule has 5 rings (SSSR count). The van der Waals surface area contributed by atoms with E-state index in [9.17, 15) is 0 Å². The van der Waals surface area contributed by atoms with Crippen LogP contribution in [0.15, 0.2) is 54.9 Å². The van der Waals surface area contributed by atoms with Gasteiger partial charge in [-0.3, -0.25) is 9.58 Å². The molecule has 0 amide bonds. The maximum Gasteiger partial charge on any atom is 0.231 e. The molecule has 1 saturated heterocycles. The van der Waals surface area contributed by atoms with Crippen molar-refractivity contribution in [3.8, 4) is 11.5 Å². The number of thiocarbonyl (C=S) groups is 1. The maximum atomic E-state index is 6.07. The molecule has 166 valence electrons. The molecule has 0 saturated carbocycles. The van der Waals surface area contributed by atoms with E-state index in [-0.39, 0.29) is 0 Å². The smallest absolute Gasteiger partial charge is 0.231 e. The monoisotopic (exact) mass is 469 g/mol. The van der Waals surface area contributed by atoms with Crippen LogP contribution in [0, 0.1) is 0 Å². The molecule has 7 nitrogen and oxygen atoms in total. The lowest BCUT2D eigenvalue weighted by molar-refractivity contribution is 0.173. The van der Waals surface area contributed by atoms with Crippen molar-refractivity contribution in [2.24, 2.45) is 0 Å². The minimum atomic E-state index is 0.307. The summed E-state index contributed by atoms with van der Waals surface area (Å²) < 4.78 is 12.8. The molecule has 0 radical (unpaired) electrons. The number of nitrogens with zero attached hydrogens (tertiary/aromatic N) is 4. The first-order chi connectivity index (χ1) is 15.6. The van der Waals surface area contributed by atoms with Crippen LogP contribution in [0.2, 0.25) is 5.02 Å². The number of piperazine rings is 1. The van der Waals surface area contributed by atoms with E-state index in [1.54, 1.807) is 6.20 Å². The Balaban J connectivity index is 1.10. The van der Waals surface area contributed by atoms with Gasteiger partial charge in [-0.15, -0.1) is 0 Å². The van der Waals surface area contributed by atoms with E-state index in [4.69, 9.17) is 33.3 Å². The minimum Gasteiger partial charge on any atom is -0.454 e. The lowest BCUT2D eigenvalue weighted by Crippen LogP contribution is -2.49. The Morgan fingerprint density at radius 3 is 2.66 bits per heavy atom. The predicted octanol–water partition coefficient (Wildman–Crippen LogP) is 3.83. The number of benzene rings is 2. The second kappa shape index (κ2) is 9.36. The molecule has 2 aromatic carbocycles. The van der Waals surface area contributed by atoms with Crippen LogP contribution < -0.4 is 14.8 Å². The van der Waals surface area contributed by atoms with Crippen LogP contribution in [0.4, 0.5) is 5.69 Å². The fourth-order valence-corrected chi connectivity index (χ4v) is 4.46. The molecule has 2 aliphatic rings. The zero-order valence-electron chi connectivity index (χ0n) is 17.5. The quantitative estimate of drug-likeness (QED) is 0.570. The van der Waals surface area contributed by atoms with Gasteiger partial charge in [0, 0.05) is 43.9 Å². The Labute approximate surface area is 197 Å². The third-order valence-electron chi connectivity index (χ3n) is 5.62. The lowest BCUT2D eigenvalue weighted by Gasteiger charge is -2.36. The largest absolute Gasteiger partial charge is 0.454 e. The zero-order chi connectivity index (χ0) is 21.9. The summed E-state index contributed by atoms with van der Waals surface area (Å²) in [6, 6.07) is 14.0. The lowest BCUT2D eigenvalue weighted by atomic mass is 10.1. The van der Waals surface area contributed by atoms with Gasteiger partial charge in [0.25, 0.3) is 0 Å². The number of nitrogens with one attached hydrogen (secondary N) is 1. The van der Waals surface area contributed by atoms with Gasteiger partial charge in [-0.25, -0.2) is 0 Å². The van der Waals surface area contributed by atoms with Crippen molar-refractivity contribution in [3.05, 3.63) is 71.0 Å². The Bertz CT molecular complexity index is 1110. The summed E-state index contributed by atoms with van der Waals surface area (Å²) in [6.45, 7) is 5.52. The summed E-state index contributed by atoms with van der Waals surface area (Å²) in [5.74, 6) is 1.66. The van der Waals surface area contributed by atoms with Crippen LogP contribution in [-0.4, -0.2) is 57.7 Å². The Morgan fingerprint density at radius 1 is 1.00 bits per heavy atom. The highest BCUT2D eigenvalue weighted by molar-refractivity contribution is 7.80. The molecular weight excluding hydrogens is 446 g/mol. The van der Waals surface area contributed by atoms with E-state index in [2.05, 4.69) is 32.3 Å². The van der Waals surface area contributed by atoms with Crippen molar-refractivity contribution in [2.45, 2.75) is 13.1 Å². The van der Waals surface area contributed by atoms with Crippen LogP contribution >= 0.6 is 23.8 Å². The van der Waals surface area contributed by atoms with E-state index in [0.717, 1.165) is 65.6 Å². The fourth-order valence-electron chi connectivity index (χ4n) is 3.95. The zero-order valence-corrected chi connectivity index (χ0v) is 19.1. The first-order valence-electron chi connectivity index (χ1n) is 10.6. The summed E-state index contributed by atoms with van der Waals surface area (Å²) in [7, 11) is 0. The van der Waals surface area contributed by atoms with E-state index < -0.39 is 0 Å². The molecule has 32 heavy (non-hydrogen) atoms. The number of fused-ring (bicyclic) bond motifs is 1. The number of anilines is 1. The normalized spacial score (nSPS) is 15.7. The first kappa shape index (κ1) is 21.1. The highest BCUT2D eigenvalue weighted by atomic mass is 35.5. The van der Waals surface area contributed by atoms with Crippen molar-refractivity contribution < 1.29 is 9.47 Å². The van der Waals surface area contributed by atoms with Crippen LogP contribution in [0.5, 0.6) is 11.5 Å². The number of aromatic nitrogens is 2. The van der Waals surface area contributed by atoms with Crippen LogP contribution in [-0.2, 0) is 13.1 Å². The molecule has 0 atom stereocenters. The van der Waals surface area contributed by atoms with Gasteiger partial charge in [0.1, 0.15) is 0 Å². The molecule has 1 N–H and O–H groups in total. The molecule has 2 aliphatic heterocycles. The number of ether oxygens (including phenoxy) is 2. The number of halogens is 1. The average Bonchev–Trinajstić information content (AvgIpc) is 3.43. The van der Waals surface area contributed by atoms with Crippen LogP contribution in [0.1, 0.15) is 11.1 Å². The van der Waals surface area contributed by atoms with Crippen molar-refractivity contribution in [1.82, 2.24) is 19.6 Å².